The highest BCUT2D eigenvalue weighted by atomic mass is 32.1. The molecule has 6 aromatic carbocycles. The largest absolute Gasteiger partial charge is 0.484 e. The van der Waals surface area contributed by atoms with Crippen molar-refractivity contribution in [3.8, 4) is 22.6 Å². The molecule has 0 radical (unpaired) electrons. The zero-order valence-corrected chi connectivity index (χ0v) is 24.0. The molecule has 2 nitrogen and oxygen atoms in total. The van der Waals surface area contributed by atoms with E-state index in [0.29, 0.717) is 0 Å². The van der Waals surface area contributed by atoms with Gasteiger partial charge in [0, 0.05) is 53.4 Å². The van der Waals surface area contributed by atoms with Gasteiger partial charge in [-0.1, -0.05) is 97.1 Å². The van der Waals surface area contributed by atoms with Gasteiger partial charge < -0.3 is 9.30 Å². The molecule has 0 saturated heterocycles. The Labute approximate surface area is 252 Å². The van der Waals surface area contributed by atoms with Crippen molar-refractivity contribution < 1.29 is 4.74 Å². The van der Waals surface area contributed by atoms with Gasteiger partial charge in [0.2, 0.25) is 0 Å². The predicted molar refractivity (Wildman–Crippen MR) is 182 cm³/mol. The number of aromatic nitrogens is 1. The van der Waals surface area contributed by atoms with Gasteiger partial charge in [-0.05, 0) is 53.4 Å². The molecule has 202 valence electrons. The number of hydrogen-bond donors (Lipinski definition) is 0. The summed E-state index contributed by atoms with van der Waals surface area (Å²) in [4.78, 5) is 0. The molecule has 2 aromatic heterocycles. The van der Waals surface area contributed by atoms with Gasteiger partial charge in [0.05, 0.1) is 16.7 Å². The molecule has 0 bridgehead atoms. The fourth-order valence-corrected chi connectivity index (χ4v) is 8.53. The highest BCUT2D eigenvalue weighted by molar-refractivity contribution is 7.25. The molecule has 8 aromatic rings. The van der Waals surface area contributed by atoms with Crippen LogP contribution >= 0.6 is 11.3 Å². The summed E-state index contributed by atoms with van der Waals surface area (Å²) in [6.07, 6.45) is 8.78. The highest BCUT2D eigenvalue weighted by Crippen LogP contribution is 2.53. The van der Waals surface area contributed by atoms with E-state index in [0.717, 1.165) is 5.75 Å². The van der Waals surface area contributed by atoms with Crippen molar-refractivity contribution in [3.63, 3.8) is 0 Å². The minimum Gasteiger partial charge on any atom is -0.484 e. The lowest BCUT2D eigenvalue weighted by Crippen LogP contribution is -2.15. The van der Waals surface area contributed by atoms with E-state index in [1.807, 2.05) is 11.3 Å². The van der Waals surface area contributed by atoms with Gasteiger partial charge in [-0.25, -0.2) is 0 Å². The van der Waals surface area contributed by atoms with E-state index in [-0.39, 0.29) is 12.0 Å². The second-order valence-electron chi connectivity index (χ2n) is 11.6. The maximum Gasteiger partial charge on any atom is 0.132 e. The van der Waals surface area contributed by atoms with Crippen LogP contribution in [-0.2, 0) is 0 Å². The zero-order chi connectivity index (χ0) is 28.1. The summed E-state index contributed by atoms with van der Waals surface area (Å²) in [5.74, 6) is 1.20. The molecule has 0 fully saturated rings. The molecule has 3 heteroatoms. The molecule has 43 heavy (non-hydrogen) atoms. The number of ether oxygens (including phenoxy) is 1. The van der Waals surface area contributed by atoms with Crippen LogP contribution in [0.3, 0.4) is 0 Å². The third kappa shape index (κ3) is 3.23. The summed E-state index contributed by atoms with van der Waals surface area (Å²) in [7, 11) is 0. The maximum absolute atomic E-state index is 6.87. The number of rotatable bonds is 2. The summed E-state index contributed by atoms with van der Waals surface area (Å²) in [5.41, 5.74) is 7.27. The topological polar surface area (TPSA) is 14.2 Å². The first-order chi connectivity index (χ1) is 21.3. The van der Waals surface area contributed by atoms with Crippen LogP contribution in [-0.4, -0.2) is 10.7 Å². The second kappa shape index (κ2) is 8.70. The summed E-state index contributed by atoms with van der Waals surface area (Å²) in [5, 5.41) is 7.58. The van der Waals surface area contributed by atoms with E-state index in [1.165, 1.54) is 75.1 Å². The van der Waals surface area contributed by atoms with Gasteiger partial charge in [-0.3, -0.25) is 0 Å². The molecule has 0 N–H and O–H groups in total. The average Bonchev–Trinajstić information content (AvgIpc) is 3.72. The number of nitrogens with zero attached hydrogens (tertiary/aromatic N) is 1. The van der Waals surface area contributed by atoms with Crippen LogP contribution in [0.25, 0.3) is 69.6 Å². The molecule has 2 unspecified atom stereocenters. The number of para-hydroxylation sites is 1. The van der Waals surface area contributed by atoms with Crippen molar-refractivity contribution in [3.05, 3.63) is 145 Å². The number of hydrogen-bond acceptors (Lipinski definition) is 2. The summed E-state index contributed by atoms with van der Waals surface area (Å²) in [6, 6.07) is 42.3. The first kappa shape index (κ1) is 23.4. The predicted octanol–water partition coefficient (Wildman–Crippen LogP) is 10.9. The summed E-state index contributed by atoms with van der Waals surface area (Å²) >= 11 is 1.86. The van der Waals surface area contributed by atoms with Crippen molar-refractivity contribution in [2.24, 2.45) is 0 Å². The Hall–Kier alpha value is -5.12. The summed E-state index contributed by atoms with van der Waals surface area (Å²) in [6.45, 7) is 0. The molecule has 10 rings (SSSR count). The van der Waals surface area contributed by atoms with Crippen molar-refractivity contribution >= 4 is 64.1 Å². The smallest absolute Gasteiger partial charge is 0.132 e. The van der Waals surface area contributed by atoms with Crippen LogP contribution in [0.15, 0.2) is 140 Å². The second-order valence-corrected chi connectivity index (χ2v) is 12.7. The van der Waals surface area contributed by atoms with Crippen molar-refractivity contribution in [2.75, 3.05) is 0 Å². The quantitative estimate of drug-likeness (QED) is 0.203. The standard InChI is InChI=1S/C40H25NOS/c1-2-12-26-24(10-1)11-9-17-32(26)41-33-16-6-3-15-29(33)39-34(41)23-31-27-13-4-7-18-35(27)42-40(31)38(39)25-20-21-37-30(22-25)28-14-5-8-19-36(28)43-37/h1-23,27,35H. The molecule has 0 spiro atoms. The Kier molecular flexibility index (Phi) is 4.74. The molecule has 0 amide bonds. The first-order valence-electron chi connectivity index (χ1n) is 14.8. The van der Waals surface area contributed by atoms with E-state index in [1.54, 1.807) is 0 Å². The first-order valence-corrected chi connectivity index (χ1v) is 15.7. The third-order valence-corrected chi connectivity index (χ3v) is 10.5. The Morgan fingerprint density at radius 2 is 1.37 bits per heavy atom. The van der Waals surface area contributed by atoms with Crippen LogP contribution in [0, 0.1) is 0 Å². The van der Waals surface area contributed by atoms with Crippen molar-refractivity contribution in [1.29, 1.82) is 0 Å². The lowest BCUT2D eigenvalue weighted by Gasteiger charge is -2.15. The van der Waals surface area contributed by atoms with Crippen LogP contribution in [0.1, 0.15) is 11.5 Å². The molecular formula is C40H25NOS. The SMILES string of the molecule is C1=CC2Oc3c(cc4c(c3-c3ccc5sc6ccccc6c5c3)c3ccccc3n4-c3cccc4ccccc34)C2C=C1. The fraction of sp³-hybridized carbons (Fsp3) is 0.0500. The van der Waals surface area contributed by atoms with Crippen molar-refractivity contribution in [1.82, 2.24) is 4.57 Å². The summed E-state index contributed by atoms with van der Waals surface area (Å²) < 4.78 is 12.0. The Morgan fingerprint density at radius 3 is 2.33 bits per heavy atom. The Morgan fingerprint density at radius 1 is 0.605 bits per heavy atom. The molecule has 2 aliphatic rings. The fourth-order valence-electron chi connectivity index (χ4n) is 7.44. The normalized spacial score (nSPS) is 17.3. The van der Waals surface area contributed by atoms with Gasteiger partial charge in [0.1, 0.15) is 11.9 Å². The van der Waals surface area contributed by atoms with E-state index < -0.39 is 0 Å². The molecular weight excluding hydrogens is 543 g/mol. The van der Waals surface area contributed by atoms with Gasteiger partial charge in [-0.2, -0.15) is 0 Å². The van der Waals surface area contributed by atoms with E-state index in [4.69, 9.17) is 4.74 Å². The van der Waals surface area contributed by atoms with E-state index in [2.05, 4.69) is 144 Å². The van der Waals surface area contributed by atoms with E-state index in [9.17, 15) is 0 Å². The van der Waals surface area contributed by atoms with E-state index >= 15 is 0 Å². The van der Waals surface area contributed by atoms with Crippen LogP contribution < -0.4 is 4.74 Å². The minimum atomic E-state index is 0.00762. The Bertz CT molecular complexity index is 2500. The average molecular weight is 568 g/mol. The maximum atomic E-state index is 6.87. The zero-order valence-electron chi connectivity index (χ0n) is 23.2. The van der Waals surface area contributed by atoms with Crippen molar-refractivity contribution in [2.45, 2.75) is 12.0 Å². The van der Waals surface area contributed by atoms with Crippen LogP contribution in [0.4, 0.5) is 0 Å². The van der Waals surface area contributed by atoms with Crippen LogP contribution in [0.2, 0.25) is 0 Å². The van der Waals surface area contributed by atoms with Gasteiger partial charge in [-0.15, -0.1) is 11.3 Å². The van der Waals surface area contributed by atoms with Gasteiger partial charge >= 0.3 is 0 Å². The number of benzene rings is 6. The lowest BCUT2D eigenvalue weighted by molar-refractivity contribution is 0.270. The number of thiophene rings is 1. The lowest BCUT2D eigenvalue weighted by atomic mass is 9.88. The minimum absolute atomic E-state index is 0.00762. The molecule has 3 heterocycles. The monoisotopic (exact) mass is 567 g/mol. The van der Waals surface area contributed by atoms with Gasteiger partial charge in [0.15, 0.2) is 0 Å². The molecule has 1 aliphatic heterocycles. The highest BCUT2D eigenvalue weighted by Gasteiger charge is 2.36. The van der Waals surface area contributed by atoms with Crippen LogP contribution in [0.5, 0.6) is 5.75 Å². The molecule has 2 atom stereocenters. The number of fused-ring (bicyclic) bond motifs is 10. The number of allylic oxidation sites excluding steroid dienone is 2. The molecule has 0 saturated carbocycles. The molecule has 1 aliphatic carbocycles. The third-order valence-electron chi connectivity index (χ3n) is 9.31. The van der Waals surface area contributed by atoms with Gasteiger partial charge in [0.25, 0.3) is 0 Å². The Balaban J connectivity index is 1.38.